The SMILES string of the molecule is CCC(CN(C)C#N)N1Cc2ccc(-c3cnn(C)c3)cc2NS1. The first-order chi connectivity index (χ1) is 11.6. The molecule has 0 radical (unpaired) electrons. The number of nitriles is 1. The third kappa shape index (κ3) is 3.50. The highest BCUT2D eigenvalue weighted by Crippen LogP contribution is 2.35. The molecule has 0 amide bonds. The molecule has 1 aliphatic heterocycles. The lowest BCUT2D eigenvalue weighted by molar-refractivity contribution is 0.275. The van der Waals surface area contributed by atoms with Gasteiger partial charge in [0, 0.05) is 57.1 Å². The van der Waals surface area contributed by atoms with Gasteiger partial charge in [-0.2, -0.15) is 10.4 Å². The maximum atomic E-state index is 9.00. The van der Waals surface area contributed by atoms with E-state index in [2.05, 4.69) is 45.4 Å². The van der Waals surface area contributed by atoms with Crippen LogP contribution in [0.3, 0.4) is 0 Å². The third-order valence-electron chi connectivity index (χ3n) is 4.28. The van der Waals surface area contributed by atoms with Gasteiger partial charge in [0.1, 0.15) is 0 Å². The summed E-state index contributed by atoms with van der Waals surface area (Å²) in [4.78, 5) is 1.69. The molecule has 1 unspecified atom stereocenters. The number of nitrogens with zero attached hydrogens (tertiary/aromatic N) is 5. The maximum absolute atomic E-state index is 9.00. The average Bonchev–Trinajstić information content (AvgIpc) is 3.05. The second kappa shape index (κ2) is 7.16. The van der Waals surface area contributed by atoms with Crippen LogP contribution in [0.5, 0.6) is 0 Å². The van der Waals surface area contributed by atoms with E-state index in [0.717, 1.165) is 30.8 Å². The Morgan fingerprint density at radius 2 is 2.29 bits per heavy atom. The largest absolute Gasteiger partial charge is 0.316 e. The van der Waals surface area contributed by atoms with Gasteiger partial charge in [-0.25, -0.2) is 4.31 Å². The molecule has 1 aliphatic rings. The van der Waals surface area contributed by atoms with E-state index in [-0.39, 0.29) is 0 Å². The van der Waals surface area contributed by atoms with E-state index < -0.39 is 0 Å². The van der Waals surface area contributed by atoms with Crippen molar-refractivity contribution in [3.8, 4) is 17.3 Å². The number of rotatable bonds is 5. The van der Waals surface area contributed by atoms with Crippen LogP contribution in [-0.4, -0.2) is 38.6 Å². The van der Waals surface area contributed by atoms with Crippen molar-refractivity contribution in [1.82, 2.24) is 19.0 Å². The molecule has 126 valence electrons. The predicted molar refractivity (Wildman–Crippen MR) is 97.7 cm³/mol. The number of hydrogen-bond acceptors (Lipinski definition) is 6. The van der Waals surface area contributed by atoms with Gasteiger partial charge in [0.05, 0.1) is 11.9 Å². The molecule has 1 N–H and O–H groups in total. The Bertz CT molecular complexity index is 750. The summed E-state index contributed by atoms with van der Waals surface area (Å²) in [7, 11) is 3.76. The highest BCUT2D eigenvalue weighted by atomic mass is 32.2. The number of benzene rings is 1. The average molecular weight is 342 g/mol. The van der Waals surface area contributed by atoms with Gasteiger partial charge >= 0.3 is 0 Å². The summed E-state index contributed by atoms with van der Waals surface area (Å²) in [5.74, 6) is 0. The van der Waals surface area contributed by atoms with E-state index in [4.69, 9.17) is 5.26 Å². The summed E-state index contributed by atoms with van der Waals surface area (Å²) < 4.78 is 7.58. The Morgan fingerprint density at radius 1 is 1.46 bits per heavy atom. The van der Waals surface area contributed by atoms with Crippen molar-refractivity contribution < 1.29 is 0 Å². The van der Waals surface area contributed by atoms with Crippen LogP contribution in [0.4, 0.5) is 5.69 Å². The summed E-state index contributed by atoms with van der Waals surface area (Å²) in [6.45, 7) is 3.78. The smallest absolute Gasteiger partial charge is 0.179 e. The molecule has 2 heterocycles. The van der Waals surface area contributed by atoms with Crippen LogP contribution >= 0.6 is 12.1 Å². The highest BCUT2D eigenvalue weighted by Gasteiger charge is 2.24. The molecule has 1 aromatic heterocycles. The molecule has 7 heteroatoms. The molecule has 0 saturated heterocycles. The van der Waals surface area contributed by atoms with Crippen molar-refractivity contribution in [3.63, 3.8) is 0 Å². The maximum Gasteiger partial charge on any atom is 0.179 e. The van der Waals surface area contributed by atoms with Crippen LogP contribution < -0.4 is 4.72 Å². The summed E-state index contributed by atoms with van der Waals surface area (Å²) in [6, 6.07) is 6.84. The molecule has 2 aromatic rings. The summed E-state index contributed by atoms with van der Waals surface area (Å²) in [5, 5.41) is 13.2. The molecule has 1 atom stereocenters. The van der Waals surface area contributed by atoms with E-state index in [9.17, 15) is 0 Å². The fourth-order valence-electron chi connectivity index (χ4n) is 2.85. The first-order valence-corrected chi connectivity index (χ1v) is 8.80. The molecule has 6 nitrogen and oxygen atoms in total. The van der Waals surface area contributed by atoms with Crippen LogP contribution in [0, 0.1) is 11.5 Å². The van der Waals surface area contributed by atoms with Crippen LogP contribution in [0.15, 0.2) is 30.6 Å². The molecular formula is C17H22N6S. The summed E-state index contributed by atoms with van der Waals surface area (Å²) >= 11 is 1.63. The van der Waals surface area contributed by atoms with Crippen molar-refractivity contribution in [1.29, 1.82) is 5.26 Å². The number of hydrogen-bond donors (Lipinski definition) is 1. The van der Waals surface area contributed by atoms with Gasteiger partial charge < -0.3 is 9.62 Å². The van der Waals surface area contributed by atoms with E-state index in [0.29, 0.717) is 6.04 Å². The van der Waals surface area contributed by atoms with Crippen LogP contribution in [0.25, 0.3) is 11.1 Å². The van der Waals surface area contributed by atoms with Crippen LogP contribution in [-0.2, 0) is 13.6 Å². The number of fused-ring (bicyclic) bond motifs is 1. The Morgan fingerprint density at radius 3 is 2.96 bits per heavy atom. The van der Waals surface area contributed by atoms with Gasteiger partial charge in [0.15, 0.2) is 6.19 Å². The molecule has 0 fully saturated rings. The second-order valence-electron chi connectivity index (χ2n) is 6.09. The van der Waals surface area contributed by atoms with Crippen LogP contribution in [0.1, 0.15) is 18.9 Å². The van der Waals surface area contributed by atoms with E-state index >= 15 is 0 Å². The van der Waals surface area contributed by atoms with Gasteiger partial charge in [-0.05, 0) is 23.6 Å². The molecule has 24 heavy (non-hydrogen) atoms. The quantitative estimate of drug-likeness (QED) is 0.512. The zero-order valence-electron chi connectivity index (χ0n) is 14.2. The third-order valence-corrected chi connectivity index (χ3v) is 5.25. The van der Waals surface area contributed by atoms with Crippen LogP contribution in [0.2, 0.25) is 0 Å². The second-order valence-corrected chi connectivity index (χ2v) is 6.94. The van der Waals surface area contributed by atoms with Crippen molar-refractivity contribution in [2.75, 3.05) is 18.3 Å². The Labute approximate surface area is 147 Å². The monoisotopic (exact) mass is 342 g/mol. The summed E-state index contributed by atoms with van der Waals surface area (Å²) in [5.41, 5.74) is 4.72. The first-order valence-electron chi connectivity index (χ1n) is 8.03. The minimum atomic E-state index is 0.332. The van der Waals surface area contributed by atoms with Gasteiger partial charge in [0.2, 0.25) is 0 Å². The van der Waals surface area contributed by atoms with Gasteiger partial charge in [-0.3, -0.25) is 4.68 Å². The Hall–Kier alpha value is -2.17. The van der Waals surface area contributed by atoms with Crippen molar-refractivity contribution in [3.05, 3.63) is 36.2 Å². The van der Waals surface area contributed by atoms with Gasteiger partial charge in [0.25, 0.3) is 0 Å². The molecule has 0 spiro atoms. The fourth-order valence-corrected chi connectivity index (χ4v) is 3.83. The topological polar surface area (TPSA) is 60.1 Å². The standard InChI is InChI=1S/C17H22N6S/c1-4-16(11-21(2)12-18)23-10-14-6-5-13(7-17(14)20-24-23)15-8-19-22(3)9-15/h5-9,16,20H,4,10-11H2,1-3H3. The van der Waals surface area contributed by atoms with Crippen molar-refractivity contribution >= 4 is 17.8 Å². The van der Waals surface area contributed by atoms with Crippen molar-refractivity contribution in [2.24, 2.45) is 7.05 Å². The first kappa shape index (κ1) is 16.7. The predicted octanol–water partition coefficient (Wildman–Crippen LogP) is 3.07. The number of aryl methyl sites for hydroxylation is 1. The lowest BCUT2D eigenvalue weighted by Gasteiger charge is -2.35. The molecule has 3 rings (SSSR count). The van der Waals surface area contributed by atoms with Gasteiger partial charge in [-0.15, -0.1) is 0 Å². The fraction of sp³-hybridized carbons (Fsp3) is 0.412. The van der Waals surface area contributed by atoms with Crippen molar-refractivity contribution in [2.45, 2.75) is 25.9 Å². The number of nitrogens with one attached hydrogen (secondary N) is 1. The van der Waals surface area contributed by atoms with E-state index in [1.165, 1.54) is 11.1 Å². The normalized spacial score (nSPS) is 15.2. The highest BCUT2D eigenvalue weighted by molar-refractivity contribution is 7.98. The number of likely N-dealkylation sites (N-methyl/N-ethyl adjacent to an activating group) is 1. The van der Waals surface area contributed by atoms with E-state index in [1.54, 1.807) is 17.0 Å². The lowest BCUT2D eigenvalue weighted by Crippen LogP contribution is -2.39. The number of anilines is 1. The minimum absolute atomic E-state index is 0.332. The summed E-state index contributed by atoms with van der Waals surface area (Å²) in [6.07, 6.45) is 7.09. The molecule has 0 aliphatic carbocycles. The minimum Gasteiger partial charge on any atom is -0.316 e. The van der Waals surface area contributed by atoms with Gasteiger partial charge in [-0.1, -0.05) is 19.1 Å². The molecule has 0 saturated carbocycles. The Balaban J connectivity index is 1.76. The molecule has 1 aromatic carbocycles. The number of aromatic nitrogens is 2. The molecule has 0 bridgehead atoms. The van der Waals surface area contributed by atoms with E-state index in [1.807, 2.05) is 31.2 Å². The zero-order chi connectivity index (χ0) is 17.1. The zero-order valence-corrected chi connectivity index (χ0v) is 15.0. The Kier molecular flexibility index (Phi) is 4.97. The lowest BCUT2D eigenvalue weighted by atomic mass is 10.0. The molecular weight excluding hydrogens is 320 g/mol.